The zero-order valence-corrected chi connectivity index (χ0v) is 17.5. The zero-order chi connectivity index (χ0) is 23.0. The summed E-state index contributed by atoms with van der Waals surface area (Å²) in [5, 5.41) is 10.1. The van der Waals surface area contributed by atoms with Gasteiger partial charge in [-0.05, 0) is 12.5 Å². The third-order valence-electron chi connectivity index (χ3n) is 4.25. The van der Waals surface area contributed by atoms with Crippen LogP contribution in [0, 0.1) is 24.4 Å². The minimum Gasteiger partial charge on any atom is -0.398 e. The van der Waals surface area contributed by atoms with Crippen molar-refractivity contribution in [3.63, 3.8) is 0 Å². The van der Waals surface area contributed by atoms with Crippen molar-refractivity contribution in [3.8, 4) is 0 Å². The first-order valence-electron chi connectivity index (χ1n) is 9.08. The van der Waals surface area contributed by atoms with Crippen LogP contribution >= 0.6 is 0 Å². The molecule has 0 fully saturated rings. The average molecular weight is 437 g/mol. The molecule has 0 bridgehead atoms. The minimum absolute atomic E-state index is 0.0176. The topological polar surface area (TPSA) is 81.5 Å². The minimum atomic E-state index is -1.14. The van der Waals surface area contributed by atoms with Gasteiger partial charge in [-0.25, -0.2) is 13.2 Å². The van der Waals surface area contributed by atoms with Crippen molar-refractivity contribution < 1.29 is 32.4 Å². The molecule has 2 rings (SSSR count). The van der Waals surface area contributed by atoms with Gasteiger partial charge in [-0.1, -0.05) is 28.5 Å². The van der Waals surface area contributed by atoms with Crippen LogP contribution in [-0.2, 0) is 25.8 Å². The number of methoxy groups -OCH3 is 1. The first-order valence-corrected chi connectivity index (χ1v) is 9.08. The number of amides is 1. The fraction of sp³-hybridized carbons (Fsp3) is 0.286. The van der Waals surface area contributed by atoms with Crippen molar-refractivity contribution >= 4 is 17.3 Å². The molecule has 0 aliphatic carbocycles. The molecular formula is C21H22F3N3O4. The molecule has 1 N–H and O–H groups in total. The first-order chi connectivity index (χ1) is 14.8. The number of oxime groups is 2. The summed E-state index contributed by atoms with van der Waals surface area (Å²) in [6.07, 6.45) is 0. The second-order valence-electron chi connectivity index (χ2n) is 6.29. The smallest absolute Gasteiger partial charge is 0.273 e. The Morgan fingerprint density at radius 1 is 1.10 bits per heavy atom. The molecule has 2 aromatic rings. The number of rotatable bonds is 9. The van der Waals surface area contributed by atoms with Gasteiger partial charge in [0.25, 0.3) is 5.91 Å². The first kappa shape index (κ1) is 23.9. The number of halogens is 3. The molecule has 10 heteroatoms. The van der Waals surface area contributed by atoms with E-state index in [4.69, 9.17) is 14.4 Å². The molecule has 0 saturated heterocycles. The molecule has 0 aliphatic rings. The Morgan fingerprint density at radius 2 is 1.77 bits per heavy atom. The molecule has 0 aromatic heterocycles. The van der Waals surface area contributed by atoms with Crippen molar-refractivity contribution in [3.05, 3.63) is 70.0 Å². The molecular weight excluding hydrogens is 415 g/mol. The number of aryl methyl sites for hydroxylation is 1. The van der Waals surface area contributed by atoms with E-state index in [2.05, 4.69) is 15.6 Å². The summed E-state index contributed by atoms with van der Waals surface area (Å²) in [5.41, 5.74) is 1.01. The lowest BCUT2D eigenvalue weighted by molar-refractivity contribution is -0.114. The standard InChI is InChI=1S/C21H22F3N3O4/c1-12-6-5-7-14(20(27-30-4)21(28)25-2)15(12)10-31-26-18(11-29-3)19-16(23)8-13(22)9-17(19)24/h5-9H,10-11H2,1-4H3,(H,25,28)/b26-18+,27-20+. The van der Waals surface area contributed by atoms with Gasteiger partial charge in [0.15, 0.2) is 5.71 Å². The molecule has 0 heterocycles. The maximum absolute atomic E-state index is 14.1. The van der Waals surface area contributed by atoms with Gasteiger partial charge in [0.1, 0.15) is 36.9 Å². The molecule has 0 spiro atoms. The summed E-state index contributed by atoms with van der Waals surface area (Å²) in [7, 11) is 4.07. The van der Waals surface area contributed by atoms with Crippen molar-refractivity contribution in [2.24, 2.45) is 10.3 Å². The Bertz CT molecular complexity index is 986. The van der Waals surface area contributed by atoms with Gasteiger partial charge in [-0.15, -0.1) is 0 Å². The van der Waals surface area contributed by atoms with Crippen molar-refractivity contribution in [1.82, 2.24) is 5.32 Å². The molecule has 31 heavy (non-hydrogen) atoms. The van der Waals surface area contributed by atoms with Gasteiger partial charge < -0.3 is 19.7 Å². The number of ether oxygens (including phenoxy) is 1. The number of hydrogen-bond acceptors (Lipinski definition) is 6. The third kappa shape index (κ3) is 5.82. The highest BCUT2D eigenvalue weighted by molar-refractivity contribution is 6.45. The van der Waals surface area contributed by atoms with Gasteiger partial charge in [0.05, 0.1) is 12.2 Å². The van der Waals surface area contributed by atoms with Gasteiger partial charge in [-0.3, -0.25) is 4.79 Å². The van der Waals surface area contributed by atoms with Crippen LogP contribution in [0.2, 0.25) is 0 Å². The van der Waals surface area contributed by atoms with E-state index in [1.807, 2.05) is 0 Å². The summed E-state index contributed by atoms with van der Waals surface area (Å²) in [6, 6.07) is 6.25. The van der Waals surface area contributed by atoms with E-state index < -0.39 is 28.9 Å². The van der Waals surface area contributed by atoms with Crippen LogP contribution in [-0.4, -0.2) is 45.2 Å². The fourth-order valence-corrected chi connectivity index (χ4v) is 2.81. The van der Waals surface area contributed by atoms with E-state index in [0.29, 0.717) is 23.3 Å². The molecule has 2 aromatic carbocycles. The van der Waals surface area contributed by atoms with E-state index in [1.54, 1.807) is 25.1 Å². The Labute approximate surface area is 177 Å². The Morgan fingerprint density at radius 3 is 2.35 bits per heavy atom. The average Bonchev–Trinajstić information content (AvgIpc) is 2.72. The SMILES string of the molecule is CNC(=O)/C(=N/OC)c1cccc(C)c1CO/N=C(\COC)c1c(F)cc(F)cc1F. The molecule has 166 valence electrons. The summed E-state index contributed by atoms with van der Waals surface area (Å²) in [4.78, 5) is 22.3. The van der Waals surface area contributed by atoms with Crippen LogP contribution in [0.4, 0.5) is 13.2 Å². The predicted octanol–water partition coefficient (Wildman–Crippen LogP) is 3.08. The maximum Gasteiger partial charge on any atom is 0.273 e. The molecule has 0 atom stereocenters. The molecule has 1 amide bonds. The molecule has 0 saturated carbocycles. The van der Waals surface area contributed by atoms with Crippen LogP contribution < -0.4 is 5.32 Å². The highest BCUT2D eigenvalue weighted by Gasteiger charge is 2.20. The molecule has 0 unspecified atom stereocenters. The molecule has 0 aliphatic heterocycles. The number of carbonyl (C=O) groups excluding carboxylic acids is 1. The van der Waals surface area contributed by atoms with E-state index >= 15 is 0 Å². The number of carbonyl (C=O) groups is 1. The lowest BCUT2D eigenvalue weighted by Crippen LogP contribution is -2.29. The number of nitrogens with one attached hydrogen (secondary N) is 1. The predicted molar refractivity (Wildman–Crippen MR) is 108 cm³/mol. The van der Waals surface area contributed by atoms with E-state index in [0.717, 1.165) is 5.56 Å². The number of nitrogens with zero attached hydrogens (tertiary/aromatic N) is 2. The Kier molecular flexibility index (Phi) is 8.56. The van der Waals surface area contributed by atoms with Crippen molar-refractivity contribution in [1.29, 1.82) is 0 Å². The maximum atomic E-state index is 14.1. The lowest BCUT2D eigenvalue weighted by atomic mass is 9.98. The van der Waals surface area contributed by atoms with Crippen molar-refractivity contribution in [2.75, 3.05) is 27.9 Å². The highest BCUT2D eigenvalue weighted by atomic mass is 19.1. The van der Waals surface area contributed by atoms with Gasteiger partial charge in [-0.2, -0.15) is 0 Å². The fourth-order valence-electron chi connectivity index (χ4n) is 2.81. The van der Waals surface area contributed by atoms with Gasteiger partial charge in [0.2, 0.25) is 0 Å². The Hall–Kier alpha value is -3.40. The largest absolute Gasteiger partial charge is 0.398 e. The van der Waals surface area contributed by atoms with Crippen molar-refractivity contribution in [2.45, 2.75) is 13.5 Å². The van der Waals surface area contributed by atoms with Crippen LogP contribution in [0.3, 0.4) is 0 Å². The third-order valence-corrected chi connectivity index (χ3v) is 4.25. The summed E-state index contributed by atoms with van der Waals surface area (Å²) < 4.78 is 46.4. The quantitative estimate of drug-likeness (QED) is 0.483. The van der Waals surface area contributed by atoms with Crippen LogP contribution in [0.25, 0.3) is 0 Å². The lowest BCUT2D eigenvalue weighted by Gasteiger charge is -2.13. The molecule has 0 radical (unpaired) electrons. The summed E-state index contributed by atoms with van der Waals surface area (Å²) in [6.45, 7) is 1.35. The monoisotopic (exact) mass is 437 g/mol. The van der Waals surface area contributed by atoms with Gasteiger partial charge >= 0.3 is 0 Å². The van der Waals surface area contributed by atoms with E-state index in [9.17, 15) is 18.0 Å². The second-order valence-corrected chi connectivity index (χ2v) is 6.29. The number of benzene rings is 2. The summed E-state index contributed by atoms with van der Waals surface area (Å²) in [5.74, 6) is -3.81. The van der Waals surface area contributed by atoms with Crippen LogP contribution in [0.15, 0.2) is 40.6 Å². The highest BCUT2D eigenvalue weighted by Crippen LogP contribution is 2.19. The van der Waals surface area contributed by atoms with Crippen LogP contribution in [0.1, 0.15) is 22.3 Å². The van der Waals surface area contributed by atoms with Crippen LogP contribution in [0.5, 0.6) is 0 Å². The van der Waals surface area contributed by atoms with E-state index in [-0.39, 0.29) is 24.6 Å². The Balaban J connectivity index is 2.40. The second kappa shape index (κ2) is 11.1. The van der Waals surface area contributed by atoms with Gasteiger partial charge in [0, 0.05) is 37.4 Å². The number of hydrogen-bond donors (Lipinski definition) is 1. The molecule has 7 nitrogen and oxygen atoms in total. The van der Waals surface area contributed by atoms with E-state index in [1.165, 1.54) is 21.3 Å². The zero-order valence-electron chi connectivity index (χ0n) is 17.5. The number of likely N-dealkylation sites (N-methyl/N-ethyl adjacent to an activating group) is 1. The summed E-state index contributed by atoms with van der Waals surface area (Å²) >= 11 is 0. The normalized spacial score (nSPS) is 12.0.